The van der Waals surface area contributed by atoms with Crippen LogP contribution in [-0.2, 0) is 7.05 Å². The molecule has 1 aromatic rings. The van der Waals surface area contributed by atoms with Gasteiger partial charge >= 0.3 is 5.97 Å². The number of thioether (sulfide) groups is 1. The lowest BCUT2D eigenvalue weighted by atomic mass is 10.3. The molecule has 1 unspecified atom stereocenters. The van der Waals surface area contributed by atoms with Crippen LogP contribution in [0.4, 0.5) is 5.69 Å². The van der Waals surface area contributed by atoms with Crippen molar-refractivity contribution in [2.24, 2.45) is 7.05 Å². The summed E-state index contributed by atoms with van der Waals surface area (Å²) in [5.41, 5.74) is 1.42. The quantitative estimate of drug-likeness (QED) is 0.791. The fraction of sp³-hybridized carbons (Fsp3) is 0.500. The summed E-state index contributed by atoms with van der Waals surface area (Å²) in [6.45, 7) is 3.07. The maximum atomic E-state index is 11.1. The Morgan fingerprint density at radius 2 is 2.27 bits per heavy atom. The Labute approximate surface area is 92.9 Å². The Bertz CT molecular complexity index is 414. The largest absolute Gasteiger partial charge is 0.477 e. The fourth-order valence-corrected chi connectivity index (χ4v) is 3.32. The van der Waals surface area contributed by atoms with Crippen molar-refractivity contribution in [1.29, 1.82) is 0 Å². The number of rotatable bonds is 1. The summed E-state index contributed by atoms with van der Waals surface area (Å²) in [7, 11) is 3.78. The standard InChI is InChI=1S/C10H14N2O2S/c1-6-4-11(2)7-5-12(3)8(10(13)14)9(7)15-6/h5-6H,4H2,1-3H3,(H,13,14). The topological polar surface area (TPSA) is 45.5 Å². The first-order chi connectivity index (χ1) is 7.00. The highest BCUT2D eigenvalue weighted by molar-refractivity contribution is 8.00. The number of carboxylic acids is 1. The van der Waals surface area contributed by atoms with Crippen molar-refractivity contribution in [2.45, 2.75) is 17.1 Å². The van der Waals surface area contributed by atoms with Crippen molar-refractivity contribution < 1.29 is 9.90 Å². The number of aromatic carboxylic acids is 1. The van der Waals surface area contributed by atoms with Gasteiger partial charge in [0.25, 0.3) is 0 Å². The molecule has 4 nitrogen and oxygen atoms in total. The van der Waals surface area contributed by atoms with E-state index in [0.717, 1.165) is 17.1 Å². The molecule has 15 heavy (non-hydrogen) atoms. The summed E-state index contributed by atoms with van der Waals surface area (Å²) in [5.74, 6) is -0.853. The monoisotopic (exact) mass is 226 g/mol. The van der Waals surface area contributed by atoms with Crippen LogP contribution in [-0.4, -0.2) is 34.5 Å². The molecule has 1 aromatic heterocycles. The summed E-state index contributed by atoms with van der Waals surface area (Å²) >= 11 is 1.65. The van der Waals surface area contributed by atoms with E-state index < -0.39 is 5.97 Å². The number of anilines is 1. The van der Waals surface area contributed by atoms with E-state index >= 15 is 0 Å². The molecule has 0 aromatic carbocycles. The molecule has 1 aliphatic rings. The molecule has 2 heterocycles. The van der Waals surface area contributed by atoms with E-state index in [1.807, 2.05) is 13.2 Å². The molecule has 0 spiro atoms. The first-order valence-electron chi connectivity index (χ1n) is 4.81. The molecule has 5 heteroatoms. The third kappa shape index (κ3) is 1.61. The molecular weight excluding hydrogens is 212 g/mol. The molecule has 0 bridgehead atoms. The van der Waals surface area contributed by atoms with E-state index in [1.165, 1.54) is 0 Å². The number of hydrogen-bond donors (Lipinski definition) is 1. The zero-order chi connectivity index (χ0) is 11.2. The first kappa shape index (κ1) is 10.4. The van der Waals surface area contributed by atoms with E-state index in [2.05, 4.69) is 11.8 Å². The summed E-state index contributed by atoms with van der Waals surface area (Å²) in [6.07, 6.45) is 1.89. The van der Waals surface area contributed by atoms with Crippen LogP contribution in [0.5, 0.6) is 0 Å². The normalized spacial score (nSPS) is 20.2. The second-order valence-corrected chi connectivity index (χ2v) is 5.37. The number of aromatic nitrogens is 1. The molecule has 0 aliphatic carbocycles. The summed E-state index contributed by atoms with van der Waals surface area (Å²) in [5, 5.41) is 9.56. The lowest BCUT2D eigenvalue weighted by Crippen LogP contribution is -2.29. The van der Waals surface area contributed by atoms with Crippen LogP contribution in [0.1, 0.15) is 17.4 Å². The number of carbonyl (C=O) groups is 1. The minimum Gasteiger partial charge on any atom is -0.477 e. The van der Waals surface area contributed by atoms with Gasteiger partial charge in [-0.3, -0.25) is 0 Å². The van der Waals surface area contributed by atoms with Crippen LogP contribution < -0.4 is 4.90 Å². The van der Waals surface area contributed by atoms with Crippen LogP contribution in [0.25, 0.3) is 0 Å². The van der Waals surface area contributed by atoms with Gasteiger partial charge in [-0.25, -0.2) is 4.79 Å². The Morgan fingerprint density at radius 3 is 2.87 bits per heavy atom. The number of carboxylic acid groups (broad SMARTS) is 1. The van der Waals surface area contributed by atoms with Gasteiger partial charge in [0, 0.05) is 32.1 Å². The van der Waals surface area contributed by atoms with Crippen LogP contribution in [0, 0.1) is 0 Å². The van der Waals surface area contributed by atoms with Gasteiger partial charge in [-0.1, -0.05) is 6.92 Å². The molecule has 1 aliphatic heterocycles. The summed E-state index contributed by atoms with van der Waals surface area (Å²) in [4.78, 5) is 14.1. The van der Waals surface area contributed by atoms with Crippen LogP contribution in [0.15, 0.2) is 11.1 Å². The first-order valence-corrected chi connectivity index (χ1v) is 5.69. The van der Waals surface area contributed by atoms with E-state index in [0.29, 0.717) is 10.9 Å². The van der Waals surface area contributed by atoms with Crippen LogP contribution in [0.2, 0.25) is 0 Å². The van der Waals surface area contributed by atoms with Gasteiger partial charge in [0.15, 0.2) is 0 Å². The summed E-state index contributed by atoms with van der Waals surface area (Å²) < 4.78 is 1.69. The van der Waals surface area contributed by atoms with Crippen molar-refractivity contribution in [3.8, 4) is 0 Å². The summed E-state index contributed by atoms with van der Waals surface area (Å²) in [6, 6.07) is 0. The number of hydrogen-bond acceptors (Lipinski definition) is 3. The average Bonchev–Trinajstić information content (AvgIpc) is 2.41. The van der Waals surface area contributed by atoms with Crippen molar-refractivity contribution in [3.05, 3.63) is 11.9 Å². The van der Waals surface area contributed by atoms with Crippen molar-refractivity contribution >= 4 is 23.4 Å². The van der Waals surface area contributed by atoms with Gasteiger partial charge in [0.1, 0.15) is 5.69 Å². The van der Waals surface area contributed by atoms with E-state index in [9.17, 15) is 4.79 Å². The lowest BCUT2D eigenvalue weighted by molar-refractivity contribution is 0.0682. The van der Waals surface area contributed by atoms with Crippen molar-refractivity contribution in [3.63, 3.8) is 0 Å². The maximum absolute atomic E-state index is 11.1. The third-order valence-corrected chi connectivity index (χ3v) is 3.77. The van der Waals surface area contributed by atoms with Gasteiger partial charge in [0.05, 0.1) is 10.6 Å². The van der Waals surface area contributed by atoms with Gasteiger partial charge in [0.2, 0.25) is 0 Å². The maximum Gasteiger partial charge on any atom is 0.353 e. The smallest absolute Gasteiger partial charge is 0.353 e. The second kappa shape index (κ2) is 3.48. The van der Waals surface area contributed by atoms with Crippen LogP contribution >= 0.6 is 11.8 Å². The van der Waals surface area contributed by atoms with E-state index in [4.69, 9.17) is 5.11 Å². The SMILES string of the molecule is CC1CN(C)c2cn(C)c(C(=O)O)c2S1. The molecule has 82 valence electrons. The Balaban J connectivity index is 2.56. The third-order valence-electron chi connectivity index (χ3n) is 2.58. The molecule has 0 amide bonds. The van der Waals surface area contributed by atoms with Crippen molar-refractivity contribution in [1.82, 2.24) is 4.57 Å². The van der Waals surface area contributed by atoms with Crippen molar-refractivity contribution in [2.75, 3.05) is 18.5 Å². The van der Waals surface area contributed by atoms with Gasteiger partial charge in [-0.2, -0.15) is 0 Å². The highest BCUT2D eigenvalue weighted by Crippen LogP contribution is 2.41. The van der Waals surface area contributed by atoms with Gasteiger partial charge in [-0.15, -0.1) is 11.8 Å². The predicted octanol–water partition coefficient (Wildman–Crippen LogP) is 1.65. The van der Waals surface area contributed by atoms with Crippen LogP contribution in [0.3, 0.4) is 0 Å². The minimum absolute atomic E-state index is 0.397. The zero-order valence-electron chi connectivity index (χ0n) is 9.02. The van der Waals surface area contributed by atoms with Gasteiger partial charge < -0.3 is 14.6 Å². The number of aryl methyl sites for hydroxylation is 1. The van der Waals surface area contributed by atoms with Gasteiger partial charge in [-0.05, 0) is 0 Å². The minimum atomic E-state index is -0.853. The Morgan fingerprint density at radius 1 is 1.60 bits per heavy atom. The number of nitrogens with zero attached hydrogens (tertiary/aromatic N) is 2. The molecule has 0 saturated carbocycles. The number of fused-ring (bicyclic) bond motifs is 1. The second-order valence-electron chi connectivity index (χ2n) is 3.92. The highest BCUT2D eigenvalue weighted by Gasteiger charge is 2.28. The zero-order valence-corrected chi connectivity index (χ0v) is 9.84. The molecule has 1 atom stereocenters. The molecule has 2 rings (SSSR count). The average molecular weight is 226 g/mol. The Kier molecular flexibility index (Phi) is 2.42. The molecule has 0 fully saturated rings. The molecule has 1 N–H and O–H groups in total. The molecular formula is C10H14N2O2S. The predicted molar refractivity (Wildman–Crippen MR) is 61.0 cm³/mol. The lowest BCUT2D eigenvalue weighted by Gasteiger charge is -2.28. The molecule has 0 saturated heterocycles. The molecule has 0 radical (unpaired) electrons. The fourth-order valence-electron chi connectivity index (χ4n) is 1.95. The van der Waals surface area contributed by atoms with E-state index in [1.54, 1.807) is 23.4 Å². The Hall–Kier alpha value is -1.10. The highest BCUT2D eigenvalue weighted by atomic mass is 32.2. The van der Waals surface area contributed by atoms with E-state index in [-0.39, 0.29) is 0 Å².